The summed E-state index contributed by atoms with van der Waals surface area (Å²) in [6.07, 6.45) is -0.487. The van der Waals surface area contributed by atoms with Crippen molar-refractivity contribution in [3.8, 4) is 0 Å². The lowest BCUT2D eigenvalue weighted by atomic mass is 9.97. The van der Waals surface area contributed by atoms with Crippen LogP contribution in [0, 0.1) is 0 Å². The molecule has 0 radical (unpaired) electrons. The van der Waals surface area contributed by atoms with Crippen LogP contribution in [0.1, 0.15) is 33.1 Å². The molecule has 1 aromatic carbocycles. The van der Waals surface area contributed by atoms with Crippen LogP contribution in [-0.4, -0.2) is 29.4 Å². The minimum absolute atomic E-state index is 0.220. The Kier molecular flexibility index (Phi) is 3.63. The van der Waals surface area contributed by atoms with Crippen molar-refractivity contribution in [2.75, 3.05) is 11.9 Å². The van der Waals surface area contributed by atoms with Crippen LogP contribution in [0.2, 0.25) is 0 Å². The number of nitrogens with one attached hydrogen (secondary N) is 2. The van der Waals surface area contributed by atoms with E-state index in [0.29, 0.717) is 22.7 Å². The van der Waals surface area contributed by atoms with Gasteiger partial charge in [0.05, 0.1) is 12.6 Å². The number of carbonyl (C=O) groups is 1. The molecule has 1 aliphatic heterocycles. The van der Waals surface area contributed by atoms with E-state index in [2.05, 4.69) is 15.6 Å². The first-order valence-electron chi connectivity index (χ1n) is 7.47. The van der Waals surface area contributed by atoms with Gasteiger partial charge in [0.25, 0.3) is 5.92 Å². The number of anilines is 1. The van der Waals surface area contributed by atoms with Crippen molar-refractivity contribution >= 4 is 22.7 Å². The number of alkyl halides is 2. The maximum atomic E-state index is 13.2. The summed E-state index contributed by atoms with van der Waals surface area (Å²) >= 11 is 0. The lowest BCUT2D eigenvalue weighted by Gasteiger charge is -2.11. The molecule has 1 atom stereocenters. The zero-order chi connectivity index (χ0) is 16.8. The summed E-state index contributed by atoms with van der Waals surface area (Å²) in [5, 5.41) is 5.18. The van der Waals surface area contributed by atoms with E-state index >= 15 is 0 Å². The molecule has 1 saturated heterocycles. The van der Waals surface area contributed by atoms with Gasteiger partial charge in [-0.3, -0.25) is 10.1 Å². The Balaban J connectivity index is 1.77. The quantitative estimate of drug-likeness (QED) is 0.891. The molecule has 5 nitrogen and oxygen atoms in total. The molecule has 1 aromatic heterocycles. The molecule has 0 saturated carbocycles. The second kappa shape index (κ2) is 5.26. The Bertz CT molecular complexity index is 749. The highest BCUT2D eigenvalue weighted by Gasteiger charge is 2.42. The summed E-state index contributed by atoms with van der Waals surface area (Å²) < 4.78 is 32.0. The molecule has 124 valence electrons. The number of hydrogen-bond acceptors (Lipinski definition) is 4. The molecule has 0 spiro atoms. The predicted octanol–water partition coefficient (Wildman–Crippen LogP) is 3.06. The fraction of sp³-hybridized carbons (Fsp3) is 0.500. The molecular weight excluding hydrogens is 304 g/mol. The monoisotopic (exact) mass is 323 g/mol. The van der Waals surface area contributed by atoms with Gasteiger partial charge in [0.2, 0.25) is 11.8 Å². The molecule has 3 rings (SSSR count). The molecular formula is C16H19F2N3O2. The second-order valence-corrected chi connectivity index (χ2v) is 6.93. The number of hydrogen-bond donors (Lipinski definition) is 2. The fourth-order valence-corrected chi connectivity index (χ4v) is 2.46. The van der Waals surface area contributed by atoms with Gasteiger partial charge in [-0.2, -0.15) is 0 Å². The lowest BCUT2D eigenvalue weighted by molar-refractivity contribution is -0.118. The van der Waals surface area contributed by atoms with E-state index < -0.39 is 30.8 Å². The van der Waals surface area contributed by atoms with Gasteiger partial charge in [-0.15, -0.1) is 0 Å². The molecule has 2 N–H and O–H groups in total. The van der Waals surface area contributed by atoms with Crippen molar-refractivity contribution in [3.63, 3.8) is 0 Å². The Morgan fingerprint density at radius 3 is 2.78 bits per heavy atom. The molecule has 1 fully saturated rings. The number of benzene rings is 1. The van der Waals surface area contributed by atoms with Gasteiger partial charge < -0.3 is 9.73 Å². The Morgan fingerprint density at radius 2 is 2.17 bits per heavy atom. The number of carbonyl (C=O) groups excluding carboxylic acids is 1. The third-order valence-corrected chi connectivity index (χ3v) is 3.72. The van der Waals surface area contributed by atoms with E-state index in [4.69, 9.17) is 4.42 Å². The number of oxazole rings is 1. The van der Waals surface area contributed by atoms with Gasteiger partial charge in [0.1, 0.15) is 5.52 Å². The van der Waals surface area contributed by atoms with Crippen molar-refractivity contribution < 1.29 is 18.0 Å². The lowest BCUT2D eigenvalue weighted by Crippen LogP contribution is -2.35. The first-order chi connectivity index (χ1) is 10.6. The standard InChI is InChI=1S/C16H19F2N3O2/c1-15(2,3)14-21-10-6-9(4-5-12(10)23-14)20-13(22)11-7-16(17,18)8-19-11/h4-6,11,19H,7-8H2,1-3H3,(H,20,22). The number of fused-ring (bicyclic) bond motifs is 1. The summed E-state index contributed by atoms with van der Waals surface area (Å²) in [5.74, 6) is -2.70. The van der Waals surface area contributed by atoms with Crippen molar-refractivity contribution in [1.82, 2.24) is 10.3 Å². The molecule has 2 heterocycles. The van der Waals surface area contributed by atoms with Crippen LogP contribution in [0.3, 0.4) is 0 Å². The zero-order valence-corrected chi connectivity index (χ0v) is 13.2. The van der Waals surface area contributed by atoms with Gasteiger partial charge in [0, 0.05) is 17.5 Å². The number of aromatic nitrogens is 1. The van der Waals surface area contributed by atoms with Crippen LogP contribution in [0.15, 0.2) is 22.6 Å². The van der Waals surface area contributed by atoms with E-state index in [1.165, 1.54) is 0 Å². The number of halogens is 2. The van der Waals surface area contributed by atoms with Crippen LogP contribution < -0.4 is 10.6 Å². The average molecular weight is 323 g/mol. The minimum Gasteiger partial charge on any atom is -0.440 e. The van der Waals surface area contributed by atoms with Crippen LogP contribution in [-0.2, 0) is 10.2 Å². The zero-order valence-electron chi connectivity index (χ0n) is 13.2. The predicted molar refractivity (Wildman–Crippen MR) is 82.7 cm³/mol. The van der Waals surface area contributed by atoms with Gasteiger partial charge in [-0.25, -0.2) is 13.8 Å². The van der Waals surface area contributed by atoms with Crippen molar-refractivity contribution in [2.45, 2.75) is 44.6 Å². The third-order valence-electron chi connectivity index (χ3n) is 3.72. The van der Waals surface area contributed by atoms with Crippen LogP contribution in [0.25, 0.3) is 11.1 Å². The normalized spacial score (nSPS) is 20.8. The minimum atomic E-state index is -2.83. The highest BCUT2D eigenvalue weighted by Crippen LogP contribution is 2.28. The summed E-state index contributed by atoms with van der Waals surface area (Å²) in [4.78, 5) is 16.5. The van der Waals surface area contributed by atoms with Gasteiger partial charge in [-0.05, 0) is 18.2 Å². The van der Waals surface area contributed by atoms with Gasteiger partial charge >= 0.3 is 0 Å². The maximum absolute atomic E-state index is 13.2. The van der Waals surface area contributed by atoms with Crippen molar-refractivity contribution in [2.24, 2.45) is 0 Å². The average Bonchev–Trinajstić information content (AvgIpc) is 3.01. The van der Waals surface area contributed by atoms with Crippen LogP contribution >= 0.6 is 0 Å². The Morgan fingerprint density at radius 1 is 1.43 bits per heavy atom. The highest BCUT2D eigenvalue weighted by atomic mass is 19.3. The molecule has 23 heavy (non-hydrogen) atoms. The number of amides is 1. The van der Waals surface area contributed by atoms with E-state index in [1.54, 1.807) is 18.2 Å². The molecule has 7 heteroatoms. The maximum Gasteiger partial charge on any atom is 0.262 e. The summed E-state index contributed by atoms with van der Waals surface area (Å²) in [6.45, 7) is 5.51. The van der Waals surface area contributed by atoms with E-state index in [0.717, 1.165) is 0 Å². The van der Waals surface area contributed by atoms with Gasteiger partial charge in [-0.1, -0.05) is 20.8 Å². The number of rotatable bonds is 2. The van der Waals surface area contributed by atoms with Crippen LogP contribution in [0.4, 0.5) is 14.5 Å². The Hall–Kier alpha value is -2.02. The molecule has 2 aromatic rings. The molecule has 0 bridgehead atoms. The molecule has 1 amide bonds. The summed E-state index contributed by atoms with van der Waals surface area (Å²) in [7, 11) is 0. The SMILES string of the molecule is CC(C)(C)c1nc2cc(NC(=O)C3CC(F)(F)CN3)ccc2o1. The summed E-state index contributed by atoms with van der Waals surface area (Å²) in [6, 6.07) is 4.18. The van der Waals surface area contributed by atoms with Gasteiger partial charge in [0.15, 0.2) is 5.58 Å². The van der Waals surface area contributed by atoms with Crippen molar-refractivity contribution in [1.29, 1.82) is 0 Å². The Labute approximate surface area is 132 Å². The largest absolute Gasteiger partial charge is 0.440 e. The fourth-order valence-electron chi connectivity index (χ4n) is 2.46. The molecule has 0 aliphatic carbocycles. The number of nitrogens with zero attached hydrogens (tertiary/aromatic N) is 1. The van der Waals surface area contributed by atoms with E-state index in [9.17, 15) is 13.6 Å². The molecule has 1 aliphatic rings. The highest BCUT2D eigenvalue weighted by molar-refractivity contribution is 5.96. The third kappa shape index (κ3) is 3.34. The first-order valence-corrected chi connectivity index (χ1v) is 7.47. The van der Waals surface area contributed by atoms with Crippen molar-refractivity contribution in [3.05, 3.63) is 24.1 Å². The van der Waals surface area contributed by atoms with E-state index in [1.807, 2.05) is 20.8 Å². The second-order valence-electron chi connectivity index (χ2n) is 6.93. The van der Waals surface area contributed by atoms with E-state index in [-0.39, 0.29) is 5.41 Å². The van der Waals surface area contributed by atoms with Crippen LogP contribution in [0.5, 0.6) is 0 Å². The molecule has 1 unspecified atom stereocenters. The first kappa shape index (κ1) is 15.9. The smallest absolute Gasteiger partial charge is 0.262 e. The topological polar surface area (TPSA) is 67.2 Å². The summed E-state index contributed by atoms with van der Waals surface area (Å²) in [5.41, 5.74) is 1.53.